The smallest absolute Gasteiger partial charge is 0.416 e. The molecule has 0 aliphatic carbocycles. The van der Waals surface area contributed by atoms with Crippen LogP contribution in [0.2, 0.25) is 0 Å². The third-order valence-corrected chi connectivity index (χ3v) is 3.24. The van der Waals surface area contributed by atoms with Gasteiger partial charge in [-0.05, 0) is 30.3 Å². The Bertz CT molecular complexity index is 888. The van der Waals surface area contributed by atoms with Crippen LogP contribution < -0.4 is 0 Å². The second-order valence-electron chi connectivity index (χ2n) is 4.89. The van der Waals surface area contributed by atoms with E-state index in [0.29, 0.717) is 11.2 Å². The number of para-hydroxylation sites is 1. The Morgan fingerprint density at radius 3 is 2.57 bits per heavy atom. The van der Waals surface area contributed by atoms with Crippen molar-refractivity contribution in [2.45, 2.75) is 6.18 Å². The molecule has 0 radical (unpaired) electrons. The number of halogens is 3. The molecule has 0 fully saturated rings. The number of benzene rings is 2. The zero-order valence-corrected chi connectivity index (χ0v) is 11.7. The molecule has 0 aliphatic rings. The molecule has 0 atom stereocenters. The van der Waals surface area contributed by atoms with E-state index in [-0.39, 0.29) is 11.4 Å². The number of nitrogens with zero attached hydrogens (tertiary/aromatic N) is 2. The molecule has 0 aliphatic heterocycles. The lowest BCUT2D eigenvalue weighted by Crippen LogP contribution is -2.03. The van der Waals surface area contributed by atoms with E-state index in [0.717, 1.165) is 17.5 Å². The van der Waals surface area contributed by atoms with Gasteiger partial charge in [0.15, 0.2) is 0 Å². The van der Waals surface area contributed by atoms with E-state index < -0.39 is 11.7 Å². The highest BCUT2D eigenvalue weighted by Gasteiger charge is 2.30. The van der Waals surface area contributed by atoms with E-state index >= 15 is 0 Å². The van der Waals surface area contributed by atoms with E-state index in [9.17, 15) is 18.3 Å². The van der Waals surface area contributed by atoms with Gasteiger partial charge in [-0.15, -0.1) is 0 Å². The van der Waals surface area contributed by atoms with Crippen LogP contribution in [0.4, 0.5) is 18.9 Å². The summed E-state index contributed by atoms with van der Waals surface area (Å²) >= 11 is 0. The molecule has 3 aromatic rings. The summed E-state index contributed by atoms with van der Waals surface area (Å²) in [7, 11) is 0. The average Bonchev–Trinajstić information content (AvgIpc) is 2.53. The van der Waals surface area contributed by atoms with Gasteiger partial charge in [-0.3, -0.25) is 4.99 Å². The summed E-state index contributed by atoms with van der Waals surface area (Å²) in [6, 6.07) is 13.2. The lowest BCUT2D eigenvalue weighted by Gasteiger charge is -2.06. The van der Waals surface area contributed by atoms with Crippen LogP contribution in [-0.4, -0.2) is 16.3 Å². The van der Waals surface area contributed by atoms with Crippen LogP contribution in [0.3, 0.4) is 0 Å². The number of aromatic hydroxyl groups is 1. The van der Waals surface area contributed by atoms with Gasteiger partial charge < -0.3 is 5.11 Å². The van der Waals surface area contributed by atoms with E-state index in [1.165, 1.54) is 24.4 Å². The molecule has 23 heavy (non-hydrogen) atoms. The topological polar surface area (TPSA) is 45.5 Å². The zero-order valence-electron chi connectivity index (χ0n) is 11.7. The predicted molar refractivity (Wildman–Crippen MR) is 82.1 cm³/mol. The fourth-order valence-electron chi connectivity index (χ4n) is 2.12. The summed E-state index contributed by atoms with van der Waals surface area (Å²) < 4.78 is 38.0. The second kappa shape index (κ2) is 5.72. The number of phenols is 1. The number of hydrogen-bond donors (Lipinski definition) is 1. The first-order valence-corrected chi connectivity index (χ1v) is 6.73. The van der Waals surface area contributed by atoms with Gasteiger partial charge in [0.25, 0.3) is 0 Å². The molecular weight excluding hydrogens is 305 g/mol. The first-order chi connectivity index (χ1) is 10.9. The SMILES string of the molecule is Oc1cccc2ccc(C=Nc3cccc(C(F)(F)F)c3)nc12. The third kappa shape index (κ3) is 3.31. The van der Waals surface area contributed by atoms with Crippen LogP contribution >= 0.6 is 0 Å². The van der Waals surface area contributed by atoms with E-state index in [4.69, 9.17) is 0 Å². The molecular formula is C17H11F3N2O. The van der Waals surface area contributed by atoms with Crippen LogP contribution in [0.5, 0.6) is 5.75 Å². The monoisotopic (exact) mass is 316 g/mol. The van der Waals surface area contributed by atoms with Gasteiger partial charge in [-0.2, -0.15) is 13.2 Å². The second-order valence-corrected chi connectivity index (χ2v) is 4.89. The number of aliphatic imine (C=N–C) groups is 1. The predicted octanol–water partition coefficient (Wildman–Crippen LogP) is 4.71. The Morgan fingerprint density at radius 1 is 1.00 bits per heavy atom. The molecule has 3 nitrogen and oxygen atoms in total. The van der Waals surface area contributed by atoms with Gasteiger partial charge in [0.2, 0.25) is 0 Å². The molecule has 2 aromatic carbocycles. The minimum atomic E-state index is -4.40. The quantitative estimate of drug-likeness (QED) is 0.696. The van der Waals surface area contributed by atoms with Crippen LogP contribution in [-0.2, 0) is 6.18 Å². The maximum absolute atomic E-state index is 12.7. The maximum Gasteiger partial charge on any atom is 0.416 e. The molecule has 1 aromatic heterocycles. The van der Waals surface area contributed by atoms with E-state index in [1.807, 2.05) is 0 Å². The van der Waals surface area contributed by atoms with Gasteiger partial charge in [0.05, 0.1) is 23.2 Å². The minimum Gasteiger partial charge on any atom is -0.506 e. The number of alkyl halides is 3. The lowest BCUT2D eigenvalue weighted by molar-refractivity contribution is -0.137. The van der Waals surface area contributed by atoms with Gasteiger partial charge in [0, 0.05) is 5.39 Å². The van der Waals surface area contributed by atoms with Crippen molar-refractivity contribution in [2.75, 3.05) is 0 Å². The summed E-state index contributed by atoms with van der Waals surface area (Å²) in [5.41, 5.74) is 0.284. The first kappa shape index (κ1) is 15.0. The molecule has 0 saturated heterocycles. The van der Waals surface area contributed by atoms with Crippen LogP contribution in [0.15, 0.2) is 59.6 Å². The molecule has 0 spiro atoms. The molecule has 0 saturated carbocycles. The standard InChI is InChI=1S/C17H11F3N2O/c18-17(19,20)12-4-2-5-13(9-12)21-10-14-8-7-11-3-1-6-15(23)16(11)22-14/h1-10,23H. The maximum atomic E-state index is 12.7. The summed E-state index contributed by atoms with van der Waals surface area (Å²) in [4.78, 5) is 8.26. The summed E-state index contributed by atoms with van der Waals surface area (Å²) in [6.45, 7) is 0. The number of aromatic nitrogens is 1. The first-order valence-electron chi connectivity index (χ1n) is 6.73. The summed E-state index contributed by atoms with van der Waals surface area (Å²) in [5.74, 6) is 0.0387. The molecule has 1 heterocycles. The largest absolute Gasteiger partial charge is 0.506 e. The fraction of sp³-hybridized carbons (Fsp3) is 0.0588. The van der Waals surface area contributed by atoms with Crippen molar-refractivity contribution in [3.05, 3.63) is 65.9 Å². The van der Waals surface area contributed by atoms with Crippen molar-refractivity contribution in [3.8, 4) is 5.75 Å². The van der Waals surface area contributed by atoms with E-state index in [1.54, 1.807) is 24.3 Å². The van der Waals surface area contributed by atoms with Crippen molar-refractivity contribution in [1.82, 2.24) is 4.98 Å². The van der Waals surface area contributed by atoms with Crippen LogP contribution in [0.25, 0.3) is 10.9 Å². The van der Waals surface area contributed by atoms with Gasteiger partial charge in [-0.25, -0.2) is 4.98 Å². The molecule has 6 heteroatoms. The zero-order chi connectivity index (χ0) is 16.4. The summed E-state index contributed by atoms with van der Waals surface area (Å²) in [6.07, 6.45) is -3.04. The van der Waals surface area contributed by atoms with Crippen molar-refractivity contribution in [3.63, 3.8) is 0 Å². The molecule has 3 rings (SSSR count). The Labute approximate surface area is 129 Å². The Morgan fingerprint density at radius 2 is 1.78 bits per heavy atom. The Balaban J connectivity index is 1.93. The molecule has 0 amide bonds. The molecule has 0 unspecified atom stereocenters. The van der Waals surface area contributed by atoms with Crippen molar-refractivity contribution in [2.24, 2.45) is 4.99 Å². The highest BCUT2D eigenvalue weighted by molar-refractivity contribution is 5.89. The van der Waals surface area contributed by atoms with Crippen molar-refractivity contribution < 1.29 is 18.3 Å². The minimum absolute atomic E-state index is 0.0387. The van der Waals surface area contributed by atoms with Crippen molar-refractivity contribution in [1.29, 1.82) is 0 Å². The number of phenolic OH excluding ortho intramolecular Hbond substituents is 1. The number of hydrogen-bond acceptors (Lipinski definition) is 3. The van der Waals surface area contributed by atoms with E-state index in [2.05, 4.69) is 9.98 Å². The Hall–Kier alpha value is -2.89. The Kier molecular flexibility index (Phi) is 3.73. The fourth-order valence-corrected chi connectivity index (χ4v) is 2.12. The van der Waals surface area contributed by atoms with Crippen molar-refractivity contribution >= 4 is 22.8 Å². The normalized spacial score (nSPS) is 12.1. The summed E-state index contributed by atoms with van der Waals surface area (Å²) in [5, 5.41) is 10.5. The average molecular weight is 316 g/mol. The lowest BCUT2D eigenvalue weighted by atomic mass is 10.2. The third-order valence-electron chi connectivity index (χ3n) is 3.24. The number of pyridine rings is 1. The number of rotatable bonds is 2. The number of fused-ring (bicyclic) bond motifs is 1. The van der Waals surface area contributed by atoms with Crippen LogP contribution in [0, 0.1) is 0 Å². The van der Waals surface area contributed by atoms with Crippen LogP contribution in [0.1, 0.15) is 11.3 Å². The highest BCUT2D eigenvalue weighted by atomic mass is 19.4. The van der Waals surface area contributed by atoms with Gasteiger partial charge >= 0.3 is 6.18 Å². The molecule has 1 N–H and O–H groups in total. The highest BCUT2D eigenvalue weighted by Crippen LogP contribution is 2.31. The molecule has 0 bridgehead atoms. The van der Waals surface area contributed by atoms with Gasteiger partial charge in [-0.1, -0.05) is 24.3 Å². The molecule has 116 valence electrons. The van der Waals surface area contributed by atoms with Gasteiger partial charge in [0.1, 0.15) is 11.3 Å².